The van der Waals surface area contributed by atoms with Crippen LogP contribution in [-0.2, 0) is 4.74 Å². The molecule has 1 unspecified atom stereocenters. The SMILES string of the molecule is CC(C#N)OC(=O)c1cc(N)ccc1Cl. The number of anilines is 1. The first-order valence-electron chi connectivity index (χ1n) is 4.20. The minimum absolute atomic E-state index is 0.166. The molecular formula is C10H9ClN2O2. The summed E-state index contributed by atoms with van der Waals surface area (Å²) >= 11 is 5.78. The van der Waals surface area contributed by atoms with Crippen LogP contribution in [0.4, 0.5) is 5.69 Å². The van der Waals surface area contributed by atoms with E-state index in [1.165, 1.54) is 19.1 Å². The first-order valence-corrected chi connectivity index (χ1v) is 4.58. The average Bonchev–Trinajstić information content (AvgIpc) is 2.21. The number of hydrogen-bond donors (Lipinski definition) is 1. The summed E-state index contributed by atoms with van der Waals surface area (Å²) in [5.74, 6) is -0.652. The summed E-state index contributed by atoms with van der Waals surface area (Å²) in [6.45, 7) is 1.47. The molecule has 0 spiro atoms. The van der Waals surface area contributed by atoms with Gasteiger partial charge in [0.05, 0.1) is 10.6 Å². The zero-order chi connectivity index (χ0) is 11.4. The van der Waals surface area contributed by atoms with E-state index in [1.807, 2.05) is 0 Å². The lowest BCUT2D eigenvalue weighted by molar-refractivity contribution is 0.0436. The van der Waals surface area contributed by atoms with Crippen LogP contribution in [0.3, 0.4) is 0 Å². The largest absolute Gasteiger partial charge is 0.444 e. The summed E-state index contributed by atoms with van der Waals surface area (Å²) in [7, 11) is 0. The number of nitrogen functional groups attached to an aromatic ring is 1. The molecule has 1 atom stereocenters. The van der Waals surface area contributed by atoms with Crippen LogP contribution in [0.1, 0.15) is 17.3 Å². The number of ether oxygens (including phenoxy) is 1. The van der Waals surface area contributed by atoms with Crippen LogP contribution in [0.2, 0.25) is 5.02 Å². The van der Waals surface area contributed by atoms with E-state index < -0.39 is 12.1 Å². The van der Waals surface area contributed by atoms with Gasteiger partial charge in [-0.15, -0.1) is 0 Å². The molecule has 0 bridgehead atoms. The zero-order valence-electron chi connectivity index (χ0n) is 8.03. The number of nitrogens with two attached hydrogens (primary N) is 1. The molecule has 0 amide bonds. The van der Waals surface area contributed by atoms with Crippen LogP contribution in [0.5, 0.6) is 0 Å². The van der Waals surface area contributed by atoms with Gasteiger partial charge in [-0.2, -0.15) is 5.26 Å². The molecule has 1 aromatic rings. The van der Waals surface area contributed by atoms with Gasteiger partial charge < -0.3 is 10.5 Å². The minimum Gasteiger partial charge on any atom is -0.444 e. The summed E-state index contributed by atoms with van der Waals surface area (Å²) in [4.78, 5) is 11.5. The van der Waals surface area contributed by atoms with E-state index in [1.54, 1.807) is 12.1 Å². The molecule has 1 aromatic carbocycles. The highest BCUT2D eigenvalue weighted by Gasteiger charge is 2.14. The van der Waals surface area contributed by atoms with E-state index in [2.05, 4.69) is 0 Å². The molecule has 0 heterocycles. The van der Waals surface area contributed by atoms with Crippen LogP contribution in [0, 0.1) is 11.3 Å². The Balaban J connectivity index is 2.92. The molecule has 15 heavy (non-hydrogen) atoms. The smallest absolute Gasteiger partial charge is 0.341 e. The Hall–Kier alpha value is -1.73. The third-order valence-corrected chi connectivity index (χ3v) is 2.01. The van der Waals surface area contributed by atoms with Crippen molar-refractivity contribution in [2.75, 3.05) is 5.73 Å². The Morgan fingerprint density at radius 3 is 2.93 bits per heavy atom. The van der Waals surface area contributed by atoms with Crippen molar-refractivity contribution in [3.05, 3.63) is 28.8 Å². The number of carbonyl (C=O) groups excluding carboxylic acids is 1. The van der Waals surface area contributed by atoms with Crippen molar-refractivity contribution in [3.8, 4) is 6.07 Å². The number of nitriles is 1. The summed E-state index contributed by atoms with van der Waals surface area (Å²) in [6.07, 6.45) is -0.810. The van der Waals surface area contributed by atoms with E-state index in [9.17, 15) is 4.79 Å². The molecule has 0 fully saturated rings. The Bertz CT molecular complexity index is 426. The maximum atomic E-state index is 11.5. The number of esters is 1. The second-order valence-electron chi connectivity index (χ2n) is 2.92. The fraction of sp³-hybridized carbons (Fsp3) is 0.200. The number of hydrogen-bond acceptors (Lipinski definition) is 4. The predicted molar refractivity (Wildman–Crippen MR) is 56.4 cm³/mol. The normalized spacial score (nSPS) is 11.5. The van der Waals surface area contributed by atoms with E-state index >= 15 is 0 Å². The molecule has 0 aliphatic carbocycles. The van der Waals surface area contributed by atoms with Crippen molar-refractivity contribution in [2.24, 2.45) is 0 Å². The minimum atomic E-state index is -0.810. The van der Waals surface area contributed by atoms with Crippen LogP contribution in [0.15, 0.2) is 18.2 Å². The highest BCUT2D eigenvalue weighted by atomic mass is 35.5. The summed E-state index contributed by atoms with van der Waals surface area (Å²) in [5, 5.41) is 8.72. The molecule has 4 nitrogen and oxygen atoms in total. The monoisotopic (exact) mass is 224 g/mol. The molecule has 1 rings (SSSR count). The Labute approximate surface area is 92.2 Å². The van der Waals surface area contributed by atoms with Gasteiger partial charge in [0.15, 0.2) is 6.10 Å². The highest BCUT2D eigenvalue weighted by molar-refractivity contribution is 6.33. The molecule has 0 aliphatic rings. The second kappa shape index (κ2) is 4.67. The molecule has 0 aliphatic heterocycles. The maximum Gasteiger partial charge on any atom is 0.341 e. The number of carbonyl (C=O) groups is 1. The number of rotatable bonds is 2. The van der Waals surface area contributed by atoms with Crippen LogP contribution >= 0.6 is 11.6 Å². The summed E-state index contributed by atoms with van der Waals surface area (Å²) in [5.41, 5.74) is 6.08. The molecule has 2 N–H and O–H groups in total. The van der Waals surface area contributed by atoms with Gasteiger partial charge in [-0.25, -0.2) is 4.79 Å². The van der Waals surface area contributed by atoms with E-state index in [0.29, 0.717) is 5.69 Å². The standard InChI is InChI=1S/C10H9ClN2O2/c1-6(5-12)15-10(14)8-4-7(13)2-3-9(8)11/h2-4,6H,13H2,1H3. The van der Waals surface area contributed by atoms with Crippen molar-refractivity contribution in [2.45, 2.75) is 13.0 Å². The van der Waals surface area contributed by atoms with Gasteiger partial charge >= 0.3 is 5.97 Å². The Morgan fingerprint density at radius 1 is 1.67 bits per heavy atom. The third kappa shape index (κ3) is 2.86. The lowest BCUT2D eigenvalue weighted by Gasteiger charge is -2.07. The summed E-state index contributed by atoms with van der Waals surface area (Å²) in [6, 6.07) is 6.27. The van der Waals surface area contributed by atoms with Gasteiger partial charge in [0.1, 0.15) is 6.07 Å². The van der Waals surface area contributed by atoms with Crippen molar-refractivity contribution in [1.82, 2.24) is 0 Å². The lowest BCUT2D eigenvalue weighted by atomic mass is 10.2. The highest BCUT2D eigenvalue weighted by Crippen LogP contribution is 2.20. The quantitative estimate of drug-likeness (QED) is 0.616. The van der Waals surface area contributed by atoms with Gasteiger partial charge in [0.25, 0.3) is 0 Å². The average molecular weight is 225 g/mol. The topological polar surface area (TPSA) is 76.1 Å². The first kappa shape index (κ1) is 11.3. The Kier molecular flexibility index (Phi) is 3.53. The number of nitrogens with zero attached hydrogens (tertiary/aromatic N) is 1. The van der Waals surface area contributed by atoms with Crippen LogP contribution < -0.4 is 5.73 Å². The van der Waals surface area contributed by atoms with Crippen molar-refractivity contribution in [3.63, 3.8) is 0 Å². The second-order valence-corrected chi connectivity index (χ2v) is 3.32. The first-order chi connectivity index (χ1) is 7.04. The molecule has 0 saturated carbocycles. The third-order valence-electron chi connectivity index (χ3n) is 1.68. The molecule has 0 radical (unpaired) electrons. The molecular weight excluding hydrogens is 216 g/mol. The van der Waals surface area contributed by atoms with Gasteiger partial charge in [-0.1, -0.05) is 11.6 Å². The van der Waals surface area contributed by atoms with Crippen LogP contribution in [-0.4, -0.2) is 12.1 Å². The van der Waals surface area contributed by atoms with Crippen molar-refractivity contribution in [1.29, 1.82) is 5.26 Å². The maximum absolute atomic E-state index is 11.5. The van der Waals surface area contributed by atoms with Crippen LogP contribution in [0.25, 0.3) is 0 Å². The fourth-order valence-corrected chi connectivity index (χ4v) is 1.14. The number of halogens is 1. The zero-order valence-corrected chi connectivity index (χ0v) is 8.78. The fourth-order valence-electron chi connectivity index (χ4n) is 0.950. The van der Waals surface area contributed by atoms with E-state index in [4.69, 9.17) is 27.3 Å². The van der Waals surface area contributed by atoms with Crippen molar-refractivity contribution < 1.29 is 9.53 Å². The van der Waals surface area contributed by atoms with E-state index in [0.717, 1.165) is 0 Å². The van der Waals surface area contributed by atoms with Gasteiger partial charge in [0, 0.05) is 5.69 Å². The lowest BCUT2D eigenvalue weighted by Crippen LogP contribution is -2.13. The predicted octanol–water partition coefficient (Wildman–Crippen LogP) is 1.99. The summed E-state index contributed by atoms with van der Waals surface area (Å²) < 4.78 is 4.78. The number of benzene rings is 1. The van der Waals surface area contributed by atoms with Crippen molar-refractivity contribution >= 4 is 23.3 Å². The molecule has 5 heteroatoms. The van der Waals surface area contributed by atoms with Gasteiger partial charge in [-0.3, -0.25) is 0 Å². The van der Waals surface area contributed by atoms with Gasteiger partial charge in [-0.05, 0) is 25.1 Å². The molecule has 0 saturated heterocycles. The van der Waals surface area contributed by atoms with E-state index in [-0.39, 0.29) is 10.6 Å². The Morgan fingerprint density at radius 2 is 2.33 bits per heavy atom. The molecule has 78 valence electrons. The van der Waals surface area contributed by atoms with Gasteiger partial charge in [0.2, 0.25) is 0 Å². The molecule has 0 aromatic heterocycles.